The average molecular weight is 451 g/mol. The molecule has 3 nitrogen and oxygen atoms in total. The van der Waals surface area contributed by atoms with Gasteiger partial charge < -0.3 is 9.74 Å². The van der Waals surface area contributed by atoms with Crippen LogP contribution in [0.15, 0.2) is 30.3 Å². The molecule has 1 N–H and O–H groups in total. The van der Waals surface area contributed by atoms with E-state index in [1.54, 1.807) is 0 Å². The van der Waals surface area contributed by atoms with Gasteiger partial charge in [-0.2, -0.15) is 5.26 Å². The van der Waals surface area contributed by atoms with Crippen LogP contribution in [-0.4, -0.2) is 14.9 Å². The van der Waals surface area contributed by atoms with Crippen LogP contribution >= 0.6 is 11.6 Å². The summed E-state index contributed by atoms with van der Waals surface area (Å²) in [6.07, 6.45) is -0.419. The molecular weight excluding hydrogens is 422 g/mol. The number of nitrogens with zero attached hydrogens (tertiary/aromatic N) is 1. The Kier molecular flexibility index (Phi) is 8.99. The first-order valence-electron chi connectivity index (χ1n) is 10.3. The van der Waals surface area contributed by atoms with Gasteiger partial charge in [0.25, 0.3) is 0 Å². The van der Waals surface area contributed by atoms with E-state index in [4.69, 9.17) is 16.0 Å². The van der Waals surface area contributed by atoms with E-state index in [9.17, 15) is 14.0 Å². The molecule has 2 aromatic rings. The number of aryl methyl sites for hydroxylation is 1. The molecule has 2 aromatic carbocycles. The molecule has 0 bridgehead atoms. The first kappa shape index (κ1) is 24.5. The van der Waals surface area contributed by atoms with Gasteiger partial charge in [0.2, 0.25) is 0 Å². The van der Waals surface area contributed by atoms with E-state index in [0.717, 1.165) is 29.8 Å². The Morgan fingerprint density at radius 3 is 2.20 bits per heavy atom. The predicted octanol–water partition coefficient (Wildman–Crippen LogP) is 6.65. The van der Waals surface area contributed by atoms with Crippen molar-refractivity contribution >= 4 is 19.9 Å². The van der Waals surface area contributed by atoms with Crippen molar-refractivity contribution in [2.75, 3.05) is 6.54 Å². The minimum Gasteiger partial charge on any atom is -0.409 e. The van der Waals surface area contributed by atoms with Crippen LogP contribution in [0.2, 0.25) is 23.2 Å². The number of hydrogen-bond donors (Lipinski definition) is 1. The van der Waals surface area contributed by atoms with Crippen molar-refractivity contribution in [2.24, 2.45) is 0 Å². The van der Waals surface area contributed by atoms with Crippen molar-refractivity contribution < 1.29 is 13.2 Å². The van der Waals surface area contributed by atoms with Crippen LogP contribution in [0.3, 0.4) is 0 Å². The Balaban J connectivity index is 2.34. The maximum atomic E-state index is 13.5. The second-order valence-corrected chi connectivity index (χ2v) is 12.7. The molecule has 0 aliphatic heterocycles. The zero-order valence-electron chi connectivity index (χ0n) is 18.0. The highest BCUT2D eigenvalue weighted by Gasteiger charge is 2.34. The van der Waals surface area contributed by atoms with E-state index >= 15 is 0 Å². The zero-order chi connectivity index (χ0) is 22.3. The van der Waals surface area contributed by atoms with Gasteiger partial charge >= 0.3 is 0 Å². The third kappa shape index (κ3) is 6.11. The van der Waals surface area contributed by atoms with Gasteiger partial charge in [0, 0.05) is 29.7 Å². The number of benzene rings is 2. The Morgan fingerprint density at radius 2 is 1.67 bits per heavy atom. The van der Waals surface area contributed by atoms with Crippen LogP contribution in [0.4, 0.5) is 8.78 Å². The lowest BCUT2D eigenvalue weighted by molar-refractivity contribution is 0.185. The van der Waals surface area contributed by atoms with Gasteiger partial charge in [-0.15, -0.1) is 0 Å². The van der Waals surface area contributed by atoms with Crippen molar-refractivity contribution in [1.82, 2.24) is 5.32 Å². The lowest BCUT2D eigenvalue weighted by atomic mass is 10.0. The maximum absolute atomic E-state index is 13.5. The van der Waals surface area contributed by atoms with E-state index < -0.39 is 26.1 Å². The maximum Gasteiger partial charge on any atom is 0.192 e. The minimum absolute atomic E-state index is 0.277. The highest BCUT2D eigenvalue weighted by Crippen LogP contribution is 2.35. The van der Waals surface area contributed by atoms with Crippen LogP contribution in [-0.2, 0) is 11.0 Å². The van der Waals surface area contributed by atoms with Crippen LogP contribution in [0.25, 0.3) is 0 Å². The fourth-order valence-electron chi connectivity index (χ4n) is 3.74. The standard InChI is InChI=1S/C23H29ClF2N2OSi/c1-5-30(6-2,7-3)29-22(23-18(13-27)8-16(4)9-21(23)24)15-28-14-17-10-19(25)12-20(26)11-17/h8-12,22,28H,5-7,14-15H2,1-4H3. The lowest BCUT2D eigenvalue weighted by Crippen LogP contribution is -2.40. The Labute approximate surface area is 184 Å². The van der Waals surface area contributed by atoms with Crippen molar-refractivity contribution in [3.63, 3.8) is 0 Å². The van der Waals surface area contributed by atoms with Crippen LogP contribution in [0.5, 0.6) is 0 Å². The van der Waals surface area contributed by atoms with Gasteiger partial charge in [-0.3, -0.25) is 0 Å². The smallest absolute Gasteiger partial charge is 0.192 e. The number of halogens is 3. The Hall–Kier alpha value is -1.78. The lowest BCUT2D eigenvalue weighted by Gasteiger charge is -2.34. The summed E-state index contributed by atoms with van der Waals surface area (Å²) >= 11 is 6.56. The number of nitrogens with one attached hydrogen (secondary N) is 1. The molecule has 1 unspecified atom stereocenters. The fourth-order valence-corrected chi connectivity index (χ4v) is 6.94. The first-order valence-corrected chi connectivity index (χ1v) is 13.2. The zero-order valence-corrected chi connectivity index (χ0v) is 19.7. The first-order chi connectivity index (χ1) is 14.3. The number of nitriles is 1. The summed E-state index contributed by atoms with van der Waals surface area (Å²) in [5, 5.41) is 13.4. The summed E-state index contributed by atoms with van der Waals surface area (Å²) in [7, 11) is -2.01. The molecule has 1 atom stereocenters. The van der Waals surface area contributed by atoms with E-state index in [-0.39, 0.29) is 6.54 Å². The molecule has 0 saturated carbocycles. The monoisotopic (exact) mass is 450 g/mol. The van der Waals surface area contributed by atoms with E-state index in [2.05, 4.69) is 32.2 Å². The second-order valence-electron chi connectivity index (χ2n) is 7.58. The average Bonchev–Trinajstić information content (AvgIpc) is 2.70. The summed E-state index contributed by atoms with van der Waals surface area (Å²) in [5.41, 5.74) is 2.59. The predicted molar refractivity (Wildman–Crippen MR) is 120 cm³/mol. The molecule has 0 saturated heterocycles. The van der Waals surface area contributed by atoms with Gasteiger partial charge in [-0.1, -0.05) is 32.4 Å². The van der Waals surface area contributed by atoms with Crippen molar-refractivity contribution in [3.8, 4) is 6.07 Å². The second kappa shape index (κ2) is 11.0. The molecule has 0 aliphatic rings. The third-order valence-corrected chi connectivity index (χ3v) is 10.6. The summed E-state index contributed by atoms with van der Waals surface area (Å²) in [5.74, 6) is -1.22. The molecule has 0 spiro atoms. The highest BCUT2D eigenvalue weighted by molar-refractivity contribution is 6.73. The largest absolute Gasteiger partial charge is 0.409 e. The Bertz CT molecular complexity index is 884. The summed E-state index contributed by atoms with van der Waals surface area (Å²) in [4.78, 5) is 0. The van der Waals surface area contributed by atoms with Crippen LogP contribution < -0.4 is 5.32 Å². The number of rotatable bonds is 10. The molecule has 0 heterocycles. The molecule has 30 heavy (non-hydrogen) atoms. The normalized spacial score (nSPS) is 12.6. The van der Waals surface area contributed by atoms with E-state index in [1.807, 2.05) is 19.1 Å². The molecule has 0 aliphatic carbocycles. The molecule has 0 fully saturated rings. The topological polar surface area (TPSA) is 45.0 Å². The van der Waals surface area contributed by atoms with Gasteiger partial charge in [-0.25, -0.2) is 8.78 Å². The molecule has 7 heteroatoms. The van der Waals surface area contributed by atoms with Crippen molar-refractivity contribution in [2.45, 2.75) is 58.5 Å². The molecule has 162 valence electrons. The van der Waals surface area contributed by atoms with Crippen LogP contribution in [0, 0.1) is 29.9 Å². The summed E-state index contributed by atoms with van der Waals surface area (Å²) < 4.78 is 33.7. The van der Waals surface area contributed by atoms with Crippen LogP contribution in [0.1, 0.15) is 49.1 Å². The van der Waals surface area contributed by atoms with Crippen molar-refractivity contribution in [3.05, 3.63) is 69.2 Å². The van der Waals surface area contributed by atoms with Gasteiger partial charge in [-0.05, 0) is 60.4 Å². The molecule has 0 aromatic heterocycles. The molecule has 2 rings (SSSR count). The highest BCUT2D eigenvalue weighted by atomic mass is 35.5. The summed E-state index contributed by atoms with van der Waals surface area (Å²) in [6.45, 7) is 8.97. The number of hydrogen-bond acceptors (Lipinski definition) is 3. The van der Waals surface area contributed by atoms with Gasteiger partial charge in [0.1, 0.15) is 11.6 Å². The fraction of sp³-hybridized carbons (Fsp3) is 0.435. The minimum atomic E-state index is -2.01. The van der Waals surface area contributed by atoms with E-state index in [0.29, 0.717) is 28.3 Å². The molecule has 0 radical (unpaired) electrons. The van der Waals surface area contributed by atoms with Gasteiger partial charge in [0.05, 0.1) is 17.7 Å². The third-order valence-electron chi connectivity index (χ3n) is 5.62. The summed E-state index contributed by atoms with van der Waals surface area (Å²) in [6, 6.07) is 12.2. The quantitative estimate of drug-likeness (QED) is 0.412. The SMILES string of the molecule is CC[Si](CC)(CC)OC(CNCc1cc(F)cc(F)c1)c1c(Cl)cc(C)cc1C#N. The Morgan fingerprint density at radius 1 is 1.07 bits per heavy atom. The molecule has 0 amide bonds. The van der Waals surface area contributed by atoms with E-state index in [1.165, 1.54) is 12.1 Å². The van der Waals surface area contributed by atoms with Gasteiger partial charge in [0.15, 0.2) is 8.32 Å². The van der Waals surface area contributed by atoms with Crippen molar-refractivity contribution in [1.29, 1.82) is 5.26 Å². The molecular formula is C23H29ClF2N2OSi.